The summed E-state index contributed by atoms with van der Waals surface area (Å²) in [6.07, 6.45) is 6.34. The van der Waals surface area contributed by atoms with Crippen molar-refractivity contribution in [1.82, 2.24) is 5.32 Å². The molecule has 3 aromatic rings. The van der Waals surface area contributed by atoms with Gasteiger partial charge < -0.3 is 5.32 Å². The van der Waals surface area contributed by atoms with Crippen LogP contribution in [0.5, 0.6) is 0 Å². The number of amides is 1. The number of rotatable bonds is 6. The molecule has 0 saturated heterocycles. The molecule has 4 rings (SSSR count). The van der Waals surface area contributed by atoms with E-state index < -0.39 is 0 Å². The van der Waals surface area contributed by atoms with E-state index in [4.69, 9.17) is 0 Å². The maximum Gasteiger partial charge on any atom is 0.224 e. The highest BCUT2D eigenvalue weighted by atomic mass is 32.2. The third-order valence-electron chi connectivity index (χ3n) is 5.37. The molecule has 4 heteroatoms. The van der Waals surface area contributed by atoms with E-state index in [0.717, 1.165) is 33.4 Å². The molecule has 1 aliphatic rings. The highest BCUT2D eigenvalue weighted by molar-refractivity contribution is 7.98. The SMILES string of the molecule is CSc1ccc(C=C2C=C(CC(=O)NCc3ccc(C)cc3)c3cc(F)ccc32)cc1. The van der Waals surface area contributed by atoms with Crippen molar-refractivity contribution >= 4 is 34.9 Å². The summed E-state index contributed by atoms with van der Waals surface area (Å²) in [5, 5.41) is 2.97. The first-order chi connectivity index (χ1) is 15.0. The van der Waals surface area contributed by atoms with Gasteiger partial charge in [-0.2, -0.15) is 0 Å². The topological polar surface area (TPSA) is 29.1 Å². The number of hydrogen-bond donors (Lipinski definition) is 1. The van der Waals surface area contributed by atoms with Crippen LogP contribution < -0.4 is 5.32 Å². The molecule has 0 atom stereocenters. The summed E-state index contributed by atoms with van der Waals surface area (Å²) >= 11 is 1.70. The second-order valence-corrected chi connectivity index (χ2v) is 8.55. The van der Waals surface area contributed by atoms with Gasteiger partial charge in [0.15, 0.2) is 0 Å². The molecule has 0 fully saturated rings. The van der Waals surface area contributed by atoms with Crippen molar-refractivity contribution in [1.29, 1.82) is 0 Å². The van der Waals surface area contributed by atoms with Crippen molar-refractivity contribution in [3.63, 3.8) is 0 Å². The number of aryl methyl sites for hydroxylation is 1. The molecule has 0 heterocycles. The van der Waals surface area contributed by atoms with E-state index in [9.17, 15) is 9.18 Å². The number of allylic oxidation sites excluding steroid dienone is 2. The quantitative estimate of drug-likeness (QED) is 0.453. The molecule has 0 spiro atoms. The Kier molecular flexibility index (Phi) is 6.38. The van der Waals surface area contributed by atoms with E-state index in [2.05, 4.69) is 35.7 Å². The van der Waals surface area contributed by atoms with E-state index in [0.29, 0.717) is 6.54 Å². The van der Waals surface area contributed by atoms with Gasteiger partial charge in [-0.15, -0.1) is 11.8 Å². The first-order valence-electron chi connectivity index (χ1n) is 10.2. The van der Waals surface area contributed by atoms with Gasteiger partial charge in [-0.3, -0.25) is 4.79 Å². The van der Waals surface area contributed by atoms with E-state index in [1.807, 2.05) is 43.5 Å². The molecular weight excluding hydrogens is 405 g/mol. The van der Waals surface area contributed by atoms with Crippen LogP contribution in [0.4, 0.5) is 4.39 Å². The molecule has 0 aromatic heterocycles. The van der Waals surface area contributed by atoms with Crippen molar-refractivity contribution < 1.29 is 9.18 Å². The molecule has 1 amide bonds. The Bertz CT molecular complexity index is 1160. The highest BCUT2D eigenvalue weighted by Crippen LogP contribution is 2.38. The van der Waals surface area contributed by atoms with E-state index in [1.54, 1.807) is 17.8 Å². The number of hydrogen-bond acceptors (Lipinski definition) is 2. The molecule has 0 unspecified atom stereocenters. The zero-order valence-electron chi connectivity index (χ0n) is 17.6. The standard InChI is InChI=1S/C27H24FNOS/c1-18-3-5-20(6-4-18)17-29-27(30)15-22-14-21(25-12-9-23(28)16-26(22)25)13-19-7-10-24(31-2)11-8-19/h3-14,16H,15,17H2,1-2H3,(H,29,30). The molecule has 0 aliphatic heterocycles. The predicted octanol–water partition coefficient (Wildman–Crippen LogP) is 6.50. The Hall–Kier alpha value is -3.11. The highest BCUT2D eigenvalue weighted by Gasteiger charge is 2.21. The van der Waals surface area contributed by atoms with Crippen molar-refractivity contribution in [3.05, 3.63) is 106 Å². The lowest BCUT2D eigenvalue weighted by Gasteiger charge is -2.08. The number of carbonyl (C=O) groups excluding carboxylic acids is 1. The zero-order valence-corrected chi connectivity index (χ0v) is 18.4. The smallest absolute Gasteiger partial charge is 0.224 e. The Morgan fingerprint density at radius 3 is 2.45 bits per heavy atom. The van der Waals surface area contributed by atoms with Crippen LogP contribution in [0.1, 0.15) is 34.2 Å². The van der Waals surface area contributed by atoms with Crippen molar-refractivity contribution in [2.75, 3.05) is 6.26 Å². The number of fused-ring (bicyclic) bond motifs is 1. The summed E-state index contributed by atoms with van der Waals surface area (Å²) in [7, 11) is 0. The van der Waals surface area contributed by atoms with Crippen LogP contribution in [0.25, 0.3) is 17.2 Å². The van der Waals surface area contributed by atoms with Crippen molar-refractivity contribution in [2.24, 2.45) is 0 Å². The summed E-state index contributed by atoms with van der Waals surface area (Å²) in [5.74, 6) is -0.372. The Balaban J connectivity index is 1.53. The van der Waals surface area contributed by atoms with Crippen LogP contribution in [-0.4, -0.2) is 12.2 Å². The number of halogens is 1. The fourth-order valence-corrected chi connectivity index (χ4v) is 4.07. The predicted molar refractivity (Wildman–Crippen MR) is 128 cm³/mol. The minimum Gasteiger partial charge on any atom is -0.352 e. The third-order valence-corrected chi connectivity index (χ3v) is 6.11. The summed E-state index contributed by atoms with van der Waals surface area (Å²) in [6, 6.07) is 21.2. The van der Waals surface area contributed by atoms with Crippen LogP contribution >= 0.6 is 11.8 Å². The van der Waals surface area contributed by atoms with Crippen molar-refractivity contribution in [3.8, 4) is 0 Å². The van der Waals surface area contributed by atoms with E-state index >= 15 is 0 Å². The molecule has 1 aliphatic carbocycles. The maximum atomic E-state index is 14.0. The van der Waals surface area contributed by atoms with Gasteiger partial charge in [-0.25, -0.2) is 4.39 Å². The summed E-state index contributed by atoms with van der Waals surface area (Å²) < 4.78 is 14.0. The Labute approximate surface area is 186 Å². The molecule has 3 aromatic carbocycles. The zero-order chi connectivity index (χ0) is 21.8. The first-order valence-corrected chi connectivity index (χ1v) is 11.4. The Morgan fingerprint density at radius 2 is 1.74 bits per heavy atom. The number of benzene rings is 3. The lowest BCUT2D eigenvalue weighted by molar-refractivity contribution is -0.120. The minimum absolute atomic E-state index is 0.0763. The second kappa shape index (κ2) is 9.36. The van der Waals surface area contributed by atoms with Gasteiger partial charge in [0, 0.05) is 11.4 Å². The number of carbonyl (C=O) groups is 1. The van der Waals surface area contributed by atoms with Gasteiger partial charge in [-0.1, -0.05) is 48.0 Å². The molecule has 2 nitrogen and oxygen atoms in total. The summed E-state index contributed by atoms with van der Waals surface area (Å²) in [4.78, 5) is 13.8. The molecule has 0 saturated carbocycles. The average molecular weight is 430 g/mol. The second-order valence-electron chi connectivity index (χ2n) is 7.67. The monoisotopic (exact) mass is 429 g/mol. The van der Waals surface area contributed by atoms with Crippen LogP contribution in [0.15, 0.2) is 77.7 Å². The lowest BCUT2D eigenvalue weighted by Crippen LogP contribution is -2.22. The Morgan fingerprint density at radius 1 is 1.00 bits per heavy atom. The first kappa shape index (κ1) is 21.1. The van der Waals surface area contributed by atoms with E-state index in [-0.39, 0.29) is 18.1 Å². The van der Waals surface area contributed by atoms with Gasteiger partial charge in [0.1, 0.15) is 5.82 Å². The fourth-order valence-electron chi connectivity index (χ4n) is 3.66. The van der Waals surface area contributed by atoms with Crippen molar-refractivity contribution in [2.45, 2.75) is 24.8 Å². The van der Waals surface area contributed by atoms with Crippen LogP contribution in [-0.2, 0) is 11.3 Å². The molecule has 156 valence electrons. The lowest BCUT2D eigenvalue weighted by atomic mass is 10.0. The average Bonchev–Trinajstić information content (AvgIpc) is 3.10. The number of nitrogens with one attached hydrogen (secondary N) is 1. The number of thioether (sulfide) groups is 1. The molecule has 31 heavy (non-hydrogen) atoms. The normalized spacial score (nSPS) is 13.8. The van der Waals surface area contributed by atoms with Gasteiger partial charge in [0.25, 0.3) is 0 Å². The minimum atomic E-state index is -0.296. The van der Waals surface area contributed by atoms with E-state index in [1.165, 1.54) is 22.6 Å². The van der Waals surface area contributed by atoms with Gasteiger partial charge in [0.2, 0.25) is 5.91 Å². The molecule has 0 radical (unpaired) electrons. The fraction of sp³-hybridized carbons (Fsp3) is 0.148. The third kappa shape index (κ3) is 5.15. The maximum absolute atomic E-state index is 14.0. The van der Waals surface area contributed by atoms with Gasteiger partial charge in [-0.05, 0) is 83.0 Å². The largest absolute Gasteiger partial charge is 0.352 e. The summed E-state index contributed by atoms with van der Waals surface area (Å²) in [6.45, 7) is 2.51. The summed E-state index contributed by atoms with van der Waals surface area (Å²) in [5.41, 5.74) is 6.89. The van der Waals surface area contributed by atoms with Crippen LogP contribution in [0, 0.1) is 12.7 Å². The van der Waals surface area contributed by atoms with Crippen LogP contribution in [0.3, 0.4) is 0 Å². The molecule has 0 bridgehead atoms. The van der Waals surface area contributed by atoms with Gasteiger partial charge in [0.05, 0.1) is 6.42 Å². The van der Waals surface area contributed by atoms with Crippen LogP contribution in [0.2, 0.25) is 0 Å². The van der Waals surface area contributed by atoms with Gasteiger partial charge >= 0.3 is 0 Å². The molecule has 1 N–H and O–H groups in total. The molecular formula is C27H24FNOS.